The lowest BCUT2D eigenvalue weighted by Crippen LogP contribution is -2.37. The molecule has 38 nitrogen and oxygen atoms in total. The van der Waals surface area contributed by atoms with E-state index in [-0.39, 0.29) is 74.6 Å². The quantitative estimate of drug-likeness (QED) is 0.0340. The molecule has 12 saturated heterocycles. The van der Waals surface area contributed by atoms with Gasteiger partial charge >= 0.3 is 11.4 Å². The first kappa shape index (κ1) is 103. The molecule has 0 aliphatic carbocycles. The van der Waals surface area contributed by atoms with Gasteiger partial charge in [-0.15, -0.1) is 0 Å². The molecule has 6 aromatic heterocycles. The van der Waals surface area contributed by atoms with Gasteiger partial charge in [0.2, 0.25) is 11.8 Å². The Morgan fingerprint density at radius 3 is 0.986 bits per heavy atom. The van der Waals surface area contributed by atoms with Gasteiger partial charge in [-0.05, 0) is 141 Å². The minimum atomic E-state index is -1.58. The zero-order valence-corrected chi connectivity index (χ0v) is 86.1. The number of methoxy groups -OCH3 is 2. The summed E-state index contributed by atoms with van der Waals surface area (Å²) >= 11 is 0. The van der Waals surface area contributed by atoms with Crippen molar-refractivity contribution in [1.82, 2.24) is 76.8 Å². The number of fused-ring (bicyclic) bond motifs is 6. The number of hydrogen-bond acceptors (Lipinski definition) is 32. The molecule has 12 aliphatic heterocycles. The Labute approximate surface area is 837 Å². The second kappa shape index (κ2) is 44.3. The number of aromatic nitrogens is 12. The Hall–Kier alpha value is -9.22. The van der Waals surface area contributed by atoms with Gasteiger partial charge in [-0.2, -0.15) is 20.5 Å². The van der Waals surface area contributed by atoms with Gasteiger partial charge in [-0.3, -0.25) is 37.8 Å². The van der Waals surface area contributed by atoms with E-state index in [2.05, 4.69) is 185 Å². The van der Waals surface area contributed by atoms with Crippen LogP contribution in [0.3, 0.4) is 0 Å². The number of imidazole rings is 2. The molecule has 0 bridgehead atoms. The van der Waals surface area contributed by atoms with E-state index in [0.717, 1.165) is 111 Å². The molecule has 44 heteroatoms. The lowest BCUT2D eigenvalue weighted by Gasteiger charge is -2.29. The van der Waals surface area contributed by atoms with Crippen LogP contribution in [0.15, 0.2) is 178 Å². The maximum atomic E-state index is 15.6. The van der Waals surface area contributed by atoms with Crippen molar-refractivity contribution in [1.29, 1.82) is 10.5 Å². The Balaban J connectivity index is 0.000000122. The molecule has 28 atom stereocenters. The highest BCUT2D eigenvalue weighted by Gasteiger charge is 2.64. The number of nitrogens with one attached hydrogen (secondary N) is 2. The van der Waals surface area contributed by atoms with Gasteiger partial charge in [0, 0.05) is 64.9 Å². The topological polar surface area (TPSA) is 405 Å². The van der Waals surface area contributed by atoms with Crippen LogP contribution in [0.25, 0.3) is 22.3 Å². The fraction of sp³-hybridized carbons (Fsp3) is 0.560. The molecule has 10 aromatic rings. The molecule has 4 aromatic carbocycles. The molecule has 22 rings (SSSR count). The highest BCUT2D eigenvalue weighted by Crippen LogP contribution is 2.69. The predicted molar refractivity (Wildman–Crippen MR) is 528 cm³/mol. The number of aryl methyl sites for hydroxylation is 2. The van der Waals surface area contributed by atoms with Crippen LogP contribution in [0.1, 0.15) is 204 Å². The van der Waals surface area contributed by atoms with Crippen molar-refractivity contribution in [2.45, 2.75) is 304 Å². The van der Waals surface area contributed by atoms with E-state index >= 15 is 8.78 Å². The molecule has 0 radical (unpaired) electrons. The zero-order chi connectivity index (χ0) is 101. The molecule has 768 valence electrons. The molecule has 2 N–H and O–H groups in total. The number of nitrogens with zero attached hydrogens (tertiary/aromatic N) is 16. The third kappa shape index (κ3) is 19.9. The summed E-state index contributed by atoms with van der Waals surface area (Å²) in [4.78, 5) is 78.7. The number of hydrogen-bond donors (Lipinski definition) is 2. The van der Waals surface area contributed by atoms with E-state index < -0.39 is 153 Å². The Morgan fingerprint density at radius 2 is 0.701 bits per heavy atom. The smallest absolute Gasteiger partial charge is 0.330 e. The average molecular weight is 2060 g/mol. The van der Waals surface area contributed by atoms with Gasteiger partial charge in [0.1, 0.15) is 83.9 Å². The number of alkyl halides is 2. The molecular weight excluding hydrogens is 1940 g/mol. The van der Waals surface area contributed by atoms with Gasteiger partial charge in [-0.25, -0.2) is 57.0 Å². The first-order valence-electron chi connectivity index (χ1n) is 49.7. The Morgan fingerprint density at radius 1 is 0.410 bits per heavy atom. The van der Waals surface area contributed by atoms with E-state index in [4.69, 9.17) is 84.6 Å². The van der Waals surface area contributed by atoms with E-state index in [0.29, 0.717) is 58.6 Å². The largest absolute Gasteiger partial charge is 0.475 e. The van der Waals surface area contributed by atoms with E-state index in [1.54, 1.807) is 40.7 Å². The number of halogens is 2. The highest BCUT2D eigenvalue weighted by atomic mass is 31.2. The Kier molecular flexibility index (Phi) is 31.8. The monoisotopic (exact) mass is 2060 g/mol. The molecule has 4 unspecified atom stereocenters. The van der Waals surface area contributed by atoms with Gasteiger partial charge in [0.15, 0.2) is 59.6 Å². The predicted octanol–water partition coefficient (Wildman–Crippen LogP) is 16.0. The maximum Gasteiger partial charge on any atom is 0.330 e. The molecule has 18 heterocycles. The lowest BCUT2D eigenvalue weighted by molar-refractivity contribution is -0.0494. The molecule has 0 amide bonds. The molecular formula is C100H124F2N18O20P4. The SMILES string of the molecule is CC[C@H]1O[C@@H](n2ccc(=O)[nH]c2=O)C(F)[C@H]1O[P@@]1O[C@](C)(c2ccccc2)[C@@H]2CCCN21.CC[C@H]1O[C@@H](n2ccc(=O)[nH]c2=O)C(F)[C@H]1O[P@]1O[C@@](C)(c2ccccc2)[C@H]2CCCN21.CC[C@H]1O[C@@H](n2cnc3c(OCCC#N)nc(C)nc32)C(OC)[C@H]1O[P@@]1O[C@](C)(c2ccccc2)[C@@H]2CCCN21.CC[C@H]1O[C@@H](n2cnc3c(OCCC#N)nc(C)nc32)C(OC)[C@H]1O[P@]1O[C@@](C)(c2ccccc2)[C@H]2CCCN21. The minimum absolute atomic E-state index is 0.161. The third-order valence-corrected chi connectivity index (χ3v) is 37.0. The van der Waals surface area contributed by atoms with Crippen LogP contribution in [0.4, 0.5) is 8.78 Å². The highest BCUT2D eigenvalue weighted by molar-refractivity contribution is 7.45. The summed E-state index contributed by atoms with van der Waals surface area (Å²) in [6.45, 7) is 24.1. The van der Waals surface area contributed by atoms with Crippen LogP contribution in [-0.2, 0) is 87.0 Å². The van der Waals surface area contributed by atoms with E-state index in [1.165, 1.54) is 35.7 Å². The number of nitriles is 2. The van der Waals surface area contributed by atoms with Gasteiger partial charge in [-0.1, -0.05) is 149 Å². The van der Waals surface area contributed by atoms with Crippen LogP contribution in [-0.4, -0.2) is 228 Å². The standard InChI is InChI=1S/2C28H35N6O5P.2C22H27FN3O5P/c2*1-5-20-23(38-40-34-15-9-13-21(34)28(3,39-40)19-11-7-6-8-12-19)24(35-4)27(37-20)33-17-30-22-25(33)31-18(2)32-26(22)36-16-10-14-29;2*1-3-15-19(18(23)20(29-15)25-13-11-17(27)24-21(25)28)30-32-26-12-7-10-16(26)22(2,31-32)14-8-5-4-6-9-14/h2*6-8,11-12,17,20-21,23-24,27H,5,9-10,13,15-16H2,1-4H3;2*4-6,8-9,11,13,15-16,18-20H,3,7,10,12H2,1-2H3,(H,24,27,28)/t20-,21+,23+,24?,27-,28-,40+;20-,21-,23+,24?,27-,28+,40-;15-,16+,18?,19+,20-,22-,32+;15-,16-,18?,19+,20-,22+,32-/m1111/s1. The van der Waals surface area contributed by atoms with Crippen LogP contribution < -0.4 is 32.0 Å². The number of rotatable bonds is 28. The second-order valence-corrected chi connectivity index (χ2v) is 43.8. The lowest BCUT2D eigenvalue weighted by atomic mass is 9.87. The molecule has 12 aliphatic rings. The van der Waals surface area contributed by atoms with Crippen molar-refractivity contribution in [3.05, 3.63) is 234 Å². The molecule has 12 fully saturated rings. The number of ether oxygens (including phenoxy) is 8. The summed E-state index contributed by atoms with van der Waals surface area (Å²) < 4.78 is 148. The number of benzene rings is 4. The van der Waals surface area contributed by atoms with Crippen molar-refractivity contribution in [2.75, 3.05) is 53.6 Å². The fourth-order valence-electron chi connectivity index (χ4n) is 22.2. The minimum Gasteiger partial charge on any atom is -0.475 e. The summed E-state index contributed by atoms with van der Waals surface area (Å²) in [7, 11) is -2.29. The van der Waals surface area contributed by atoms with Crippen LogP contribution in [0.5, 0.6) is 11.8 Å². The average Bonchev–Trinajstić information content (AvgIpc) is 1.58. The van der Waals surface area contributed by atoms with Gasteiger partial charge in [0.05, 0.1) is 86.2 Å². The number of H-pyrrole nitrogens is 2. The fourth-order valence-corrected chi connectivity index (χ4v) is 30.8. The summed E-state index contributed by atoms with van der Waals surface area (Å²) in [5.74, 6) is 1.78. The van der Waals surface area contributed by atoms with Crippen LogP contribution >= 0.6 is 34.1 Å². The maximum absolute atomic E-state index is 15.6. The van der Waals surface area contributed by atoms with Gasteiger partial charge in [0.25, 0.3) is 45.2 Å². The molecule has 0 spiro atoms. The van der Waals surface area contributed by atoms with Crippen molar-refractivity contribution < 1.29 is 82.9 Å². The first-order chi connectivity index (χ1) is 69.8. The summed E-state index contributed by atoms with van der Waals surface area (Å²) in [5.41, 5.74) is 2.25. The van der Waals surface area contributed by atoms with E-state index in [1.807, 2.05) is 71.5 Å². The van der Waals surface area contributed by atoms with Crippen molar-refractivity contribution in [3.63, 3.8) is 0 Å². The zero-order valence-electron chi connectivity index (χ0n) is 82.6. The van der Waals surface area contributed by atoms with Crippen LogP contribution in [0, 0.1) is 36.5 Å². The summed E-state index contributed by atoms with van der Waals surface area (Å²) in [6.07, 6.45) is 6.00. The normalized spacial score (nSPS) is 34.2. The van der Waals surface area contributed by atoms with E-state index in [9.17, 15) is 19.2 Å². The summed E-state index contributed by atoms with van der Waals surface area (Å²) in [5, 5.41) is 17.8. The van der Waals surface area contributed by atoms with Crippen molar-refractivity contribution in [3.8, 4) is 23.9 Å². The molecule has 144 heavy (non-hydrogen) atoms. The van der Waals surface area contributed by atoms with Gasteiger partial charge < -0.3 is 74.1 Å². The first-order valence-corrected chi connectivity index (χ1v) is 54.3. The molecule has 0 saturated carbocycles. The Bertz CT molecular complexity index is 6070. The van der Waals surface area contributed by atoms with Crippen molar-refractivity contribution >= 4 is 56.4 Å². The second-order valence-electron chi connectivity index (χ2n) is 38.3. The summed E-state index contributed by atoms with van der Waals surface area (Å²) in [6, 6.07) is 48.4. The van der Waals surface area contributed by atoms with Crippen LogP contribution in [0.2, 0.25) is 0 Å². The number of aromatic amines is 2. The van der Waals surface area contributed by atoms with Crippen molar-refractivity contribution in [2.24, 2.45) is 0 Å². The third-order valence-electron chi connectivity index (χ3n) is 29.6.